The number of nitrogens with one attached hydrogen (secondary N) is 1. The van der Waals surface area contributed by atoms with Gasteiger partial charge in [0.2, 0.25) is 5.91 Å². The number of benzene rings is 2. The number of nitrogens with zero attached hydrogens (tertiary/aromatic N) is 2. The highest BCUT2D eigenvalue weighted by Gasteiger charge is 2.49. The highest BCUT2D eigenvalue weighted by Crippen LogP contribution is 2.49. The van der Waals surface area contributed by atoms with Crippen molar-refractivity contribution in [2.75, 3.05) is 32.2 Å². The number of methoxy groups -OCH3 is 2. The number of carbonyl (C=O) groups is 3. The third-order valence-corrected chi connectivity index (χ3v) is 5.51. The van der Waals surface area contributed by atoms with E-state index in [4.69, 9.17) is 9.47 Å². The SMILES string of the molecule is C=CCNC(=O)CCN1C(=O)c2ccccc2N2C(=O)c3c(ccc(OC)c3OC)C12. The van der Waals surface area contributed by atoms with Crippen molar-refractivity contribution < 1.29 is 23.9 Å². The van der Waals surface area contributed by atoms with E-state index in [-0.39, 0.29) is 30.7 Å². The number of fused-ring (bicyclic) bond motifs is 5. The molecule has 2 heterocycles. The van der Waals surface area contributed by atoms with Crippen LogP contribution in [0.25, 0.3) is 0 Å². The van der Waals surface area contributed by atoms with Gasteiger partial charge in [0, 0.05) is 25.1 Å². The number of para-hydroxylation sites is 1. The predicted octanol–water partition coefficient (Wildman–Crippen LogP) is 2.51. The van der Waals surface area contributed by atoms with Crippen LogP contribution in [0.4, 0.5) is 5.69 Å². The van der Waals surface area contributed by atoms with Crippen molar-refractivity contribution in [1.29, 1.82) is 0 Å². The van der Waals surface area contributed by atoms with Crippen molar-refractivity contribution in [1.82, 2.24) is 10.2 Å². The Hall–Kier alpha value is -3.81. The van der Waals surface area contributed by atoms with Crippen LogP contribution in [-0.4, -0.2) is 49.9 Å². The van der Waals surface area contributed by atoms with Crippen LogP contribution < -0.4 is 19.7 Å². The fraction of sp³-hybridized carbons (Fsp3) is 0.261. The van der Waals surface area contributed by atoms with Gasteiger partial charge in [-0.25, -0.2) is 0 Å². The first-order valence-electron chi connectivity index (χ1n) is 9.89. The van der Waals surface area contributed by atoms with E-state index in [2.05, 4.69) is 11.9 Å². The Morgan fingerprint density at radius 2 is 1.90 bits per heavy atom. The van der Waals surface area contributed by atoms with E-state index in [0.29, 0.717) is 40.4 Å². The average Bonchev–Trinajstić information content (AvgIpc) is 3.09. The molecular weight excluding hydrogens is 398 g/mol. The second-order valence-electron chi connectivity index (χ2n) is 7.17. The fourth-order valence-corrected chi connectivity index (χ4v) is 4.15. The molecule has 3 amide bonds. The summed E-state index contributed by atoms with van der Waals surface area (Å²) < 4.78 is 10.9. The van der Waals surface area contributed by atoms with Crippen LogP contribution in [-0.2, 0) is 4.79 Å². The van der Waals surface area contributed by atoms with Gasteiger partial charge in [-0.2, -0.15) is 0 Å². The topological polar surface area (TPSA) is 88.2 Å². The first-order valence-corrected chi connectivity index (χ1v) is 9.89. The van der Waals surface area contributed by atoms with Crippen molar-refractivity contribution in [2.45, 2.75) is 12.6 Å². The van der Waals surface area contributed by atoms with Gasteiger partial charge in [-0.15, -0.1) is 6.58 Å². The summed E-state index contributed by atoms with van der Waals surface area (Å²) in [6.07, 6.45) is 1.02. The minimum Gasteiger partial charge on any atom is -0.493 e. The number of ether oxygens (including phenoxy) is 2. The van der Waals surface area contributed by atoms with E-state index in [1.54, 1.807) is 52.3 Å². The van der Waals surface area contributed by atoms with Crippen LogP contribution >= 0.6 is 0 Å². The molecule has 1 unspecified atom stereocenters. The molecular formula is C23H23N3O5. The summed E-state index contributed by atoms with van der Waals surface area (Å²) in [6, 6.07) is 10.5. The van der Waals surface area contributed by atoms with Crippen LogP contribution in [0.2, 0.25) is 0 Å². The molecule has 31 heavy (non-hydrogen) atoms. The van der Waals surface area contributed by atoms with E-state index >= 15 is 0 Å². The summed E-state index contributed by atoms with van der Waals surface area (Å²) in [5.74, 6) is 0.0491. The number of rotatable bonds is 7. The maximum atomic E-state index is 13.5. The molecule has 0 aromatic heterocycles. The van der Waals surface area contributed by atoms with Gasteiger partial charge in [-0.05, 0) is 18.2 Å². The van der Waals surface area contributed by atoms with Crippen LogP contribution in [0.1, 0.15) is 38.9 Å². The Balaban J connectivity index is 1.80. The van der Waals surface area contributed by atoms with Gasteiger partial charge in [-0.3, -0.25) is 19.3 Å². The van der Waals surface area contributed by atoms with Gasteiger partial charge in [0.25, 0.3) is 11.8 Å². The number of amides is 3. The molecule has 2 aliphatic rings. The van der Waals surface area contributed by atoms with Gasteiger partial charge >= 0.3 is 0 Å². The molecule has 1 N–H and O–H groups in total. The summed E-state index contributed by atoms with van der Waals surface area (Å²) in [5.41, 5.74) is 1.94. The molecule has 4 rings (SSSR count). The van der Waals surface area contributed by atoms with E-state index < -0.39 is 6.17 Å². The largest absolute Gasteiger partial charge is 0.493 e. The molecule has 160 valence electrons. The number of carbonyl (C=O) groups excluding carboxylic acids is 3. The molecule has 0 fully saturated rings. The molecule has 0 radical (unpaired) electrons. The molecule has 0 saturated heterocycles. The predicted molar refractivity (Wildman–Crippen MR) is 114 cm³/mol. The Labute approximate surface area is 180 Å². The van der Waals surface area contributed by atoms with Gasteiger partial charge in [0.15, 0.2) is 11.5 Å². The van der Waals surface area contributed by atoms with Crippen LogP contribution in [0, 0.1) is 0 Å². The van der Waals surface area contributed by atoms with Crippen molar-refractivity contribution in [3.8, 4) is 11.5 Å². The summed E-state index contributed by atoms with van der Waals surface area (Å²) in [5, 5.41) is 2.71. The van der Waals surface area contributed by atoms with Gasteiger partial charge < -0.3 is 19.7 Å². The summed E-state index contributed by atoms with van der Waals surface area (Å²) >= 11 is 0. The zero-order chi connectivity index (χ0) is 22.1. The maximum absolute atomic E-state index is 13.5. The van der Waals surface area contributed by atoms with E-state index in [9.17, 15) is 14.4 Å². The highest BCUT2D eigenvalue weighted by atomic mass is 16.5. The van der Waals surface area contributed by atoms with Crippen LogP contribution in [0.5, 0.6) is 11.5 Å². The molecule has 2 aliphatic heterocycles. The lowest BCUT2D eigenvalue weighted by Gasteiger charge is -2.40. The third-order valence-electron chi connectivity index (χ3n) is 5.51. The lowest BCUT2D eigenvalue weighted by molar-refractivity contribution is -0.121. The Morgan fingerprint density at radius 1 is 1.13 bits per heavy atom. The quantitative estimate of drug-likeness (QED) is 0.694. The molecule has 8 heteroatoms. The Morgan fingerprint density at radius 3 is 2.61 bits per heavy atom. The lowest BCUT2D eigenvalue weighted by atomic mass is 10.0. The van der Waals surface area contributed by atoms with E-state index in [0.717, 1.165) is 0 Å². The first-order chi connectivity index (χ1) is 15.0. The smallest absolute Gasteiger partial charge is 0.264 e. The highest BCUT2D eigenvalue weighted by molar-refractivity contribution is 6.18. The van der Waals surface area contributed by atoms with Crippen molar-refractivity contribution in [2.24, 2.45) is 0 Å². The lowest BCUT2D eigenvalue weighted by Crippen LogP contribution is -2.49. The second-order valence-corrected chi connectivity index (χ2v) is 7.17. The Kier molecular flexibility index (Phi) is 5.37. The van der Waals surface area contributed by atoms with Crippen molar-refractivity contribution in [3.05, 3.63) is 65.7 Å². The average molecular weight is 421 g/mol. The molecule has 2 aromatic rings. The summed E-state index contributed by atoms with van der Waals surface area (Å²) in [7, 11) is 2.98. The maximum Gasteiger partial charge on any atom is 0.264 e. The van der Waals surface area contributed by atoms with E-state index in [1.807, 2.05) is 0 Å². The third kappa shape index (κ3) is 3.20. The molecule has 8 nitrogen and oxygen atoms in total. The monoisotopic (exact) mass is 421 g/mol. The van der Waals surface area contributed by atoms with Crippen LogP contribution in [0.3, 0.4) is 0 Å². The van der Waals surface area contributed by atoms with Crippen molar-refractivity contribution >= 4 is 23.4 Å². The van der Waals surface area contributed by atoms with E-state index in [1.165, 1.54) is 14.2 Å². The van der Waals surface area contributed by atoms with Crippen LogP contribution in [0.15, 0.2) is 49.1 Å². The standard InChI is InChI=1S/C23H23N3O5/c1-4-12-24-18(27)11-13-25-21-15-9-10-17(30-2)20(31-3)19(15)23(29)26(21)16-8-6-5-7-14(16)22(25)28/h4-10,21H,1,11-13H2,2-3H3,(H,24,27). The molecule has 0 bridgehead atoms. The number of anilines is 1. The Bertz CT molecular complexity index is 1080. The fourth-order valence-electron chi connectivity index (χ4n) is 4.15. The molecule has 0 saturated carbocycles. The first kappa shape index (κ1) is 20.5. The van der Waals surface area contributed by atoms with Gasteiger partial charge in [0.05, 0.1) is 31.0 Å². The van der Waals surface area contributed by atoms with Gasteiger partial charge in [-0.1, -0.05) is 24.3 Å². The molecule has 0 spiro atoms. The van der Waals surface area contributed by atoms with Crippen molar-refractivity contribution in [3.63, 3.8) is 0 Å². The molecule has 1 atom stereocenters. The van der Waals surface area contributed by atoms with Gasteiger partial charge in [0.1, 0.15) is 6.17 Å². The summed E-state index contributed by atoms with van der Waals surface area (Å²) in [4.78, 5) is 42.2. The minimum absolute atomic E-state index is 0.100. The summed E-state index contributed by atoms with van der Waals surface area (Å²) in [6.45, 7) is 4.08. The molecule has 0 aliphatic carbocycles. The second kappa shape index (κ2) is 8.14. The zero-order valence-electron chi connectivity index (χ0n) is 17.4. The minimum atomic E-state index is -0.670. The number of hydrogen-bond acceptors (Lipinski definition) is 5. The molecule has 2 aromatic carbocycles. The normalized spacial score (nSPS) is 16.4. The number of hydrogen-bond donors (Lipinski definition) is 1. The zero-order valence-corrected chi connectivity index (χ0v) is 17.4.